The number of amides is 1. The van der Waals surface area contributed by atoms with Gasteiger partial charge in [0.2, 0.25) is 5.91 Å². The van der Waals surface area contributed by atoms with Crippen molar-refractivity contribution in [2.24, 2.45) is 5.92 Å². The van der Waals surface area contributed by atoms with Crippen molar-refractivity contribution >= 4 is 17.8 Å². The fraction of sp³-hybridized carbons (Fsp3) is 0.897. The number of cyclic esters (lactones) is 1. The van der Waals surface area contributed by atoms with Gasteiger partial charge < -0.3 is 19.5 Å². The van der Waals surface area contributed by atoms with Crippen LogP contribution in [-0.2, 0) is 23.9 Å². The summed E-state index contributed by atoms with van der Waals surface area (Å²) < 4.78 is 10.4. The topological polar surface area (TPSA) is 93.1 Å². The summed E-state index contributed by atoms with van der Waals surface area (Å²) in [6.45, 7) is 4.04. The van der Waals surface area contributed by atoms with Gasteiger partial charge in [-0.05, 0) is 26.2 Å². The summed E-state index contributed by atoms with van der Waals surface area (Å²) in [5, 5.41) is 10.9. The van der Waals surface area contributed by atoms with E-state index in [2.05, 4.69) is 6.92 Å². The minimum Gasteiger partial charge on any atom is -0.467 e. The maximum absolute atomic E-state index is 12.6. The lowest BCUT2D eigenvalue weighted by atomic mass is 9.87. The molecule has 7 heteroatoms. The lowest BCUT2D eigenvalue weighted by Gasteiger charge is -2.29. The number of esters is 2. The van der Waals surface area contributed by atoms with Gasteiger partial charge in [0.15, 0.2) is 0 Å². The van der Waals surface area contributed by atoms with Crippen LogP contribution in [-0.4, -0.2) is 59.3 Å². The van der Waals surface area contributed by atoms with Gasteiger partial charge in [0.25, 0.3) is 0 Å². The van der Waals surface area contributed by atoms with E-state index in [0.29, 0.717) is 12.8 Å². The summed E-state index contributed by atoms with van der Waals surface area (Å²) in [5.74, 6) is -2.00. The highest BCUT2D eigenvalue weighted by atomic mass is 16.6. The van der Waals surface area contributed by atoms with Crippen molar-refractivity contribution in [2.75, 3.05) is 13.7 Å². The van der Waals surface area contributed by atoms with E-state index in [0.717, 1.165) is 19.3 Å². The Labute approximate surface area is 218 Å². The Kier molecular flexibility index (Phi) is 13.8. The van der Waals surface area contributed by atoms with E-state index >= 15 is 0 Å². The number of rotatable bonds is 19. The fourth-order valence-electron chi connectivity index (χ4n) is 5.70. The van der Waals surface area contributed by atoms with Crippen LogP contribution in [0.15, 0.2) is 0 Å². The van der Waals surface area contributed by atoms with E-state index in [9.17, 15) is 19.5 Å². The van der Waals surface area contributed by atoms with Gasteiger partial charge in [0.1, 0.15) is 23.7 Å². The van der Waals surface area contributed by atoms with Crippen LogP contribution >= 0.6 is 0 Å². The Morgan fingerprint density at radius 3 is 1.94 bits per heavy atom. The van der Waals surface area contributed by atoms with E-state index in [1.54, 1.807) is 6.92 Å². The van der Waals surface area contributed by atoms with Crippen molar-refractivity contribution in [3.8, 4) is 0 Å². The fourth-order valence-corrected chi connectivity index (χ4v) is 5.70. The van der Waals surface area contributed by atoms with Gasteiger partial charge in [-0.1, -0.05) is 96.8 Å². The molecule has 0 aromatic carbocycles. The molecule has 36 heavy (non-hydrogen) atoms. The third-order valence-electron chi connectivity index (χ3n) is 8.11. The Balaban J connectivity index is 1.58. The first kappa shape index (κ1) is 30.6. The Bertz CT molecular complexity index is 683. The molecule has 0 aliphatic carbocycles. The highest BCUT2D eigenvalue weighted by Crippen LogP contribution is 2.37. The highest BCUT2D eigenvalue weighted by molar-refractivity contribution is 5.88. The Morgan fingerprint density at radius 1 is 0.944 bits per heavy atom. The number of methoxy groups -OCH3 is 1. The number of hydrogen-bond donors (Lipinski definition) is 1. The second-order valence-electron chi connectivity index (χ2n) is 11.1. The number of carbonyl (C=O) groups is 3. The summed E-state index contributed by atoms with van der Waals surface area (Å²) in [7, 11) is 1.29. The standard InChI is InChI=1S/C29H51NO6/c1-4-5-6-7-8-9-10-11-12-13-14-15-16-17-18-21-29(2)26(32)23(27(33)36-29)22-30-24(28(34)35-3)19-20-25(30)31/h23-24,26,32H,4-22H2,1-3H3/t23-,24?,26-,29+/m0/s1. The van der Waals surface area contributed by atoms with E-state index in [1.807, 2.05) is 0 Å². The first-order valence-corrected chi connectivity index (χ1v) is 14.6. The molecule has 2 heterocycles. The van der Waals surface area contributed by atoms with Crippen molar-refractivity contribution in [1.29, 1.82) is 0 Å². The third kappa shape index (κ3) is 9.35. The molecule has 1 amide bonds. The number of unbranched alkanes of at least 4 members (excludes halogenated alkanes) is 14. The maximum Gasteiger partial charge on any atom is 0.328 e. The van der Waals surface area contributed by atoms with E-state index in [1.165, 1.54) is 89.1 Å². The molecule has 0 aromatic rings. The number of hydrogen-bond acceptors (Lipinski definition) is 6. The van der Waals surface area contributed by atoms with Gasteiger partial charge in [0.05, 0.1) is 7.11 Å². The lowest BCUT2D eigenvalue weighted by Crippen LogP contribution is -2.47. The molecule has 2 fully saturated rings. The van der Waals surface area contributed by atoms with Crippen molar-refractivity contribution in [1.82, 2.24) is 4.90 Å². The number of nitrogens with zero attached hydrogens (tertiary/aromatic N) is 1. The molecule has 0 bridgehead atoms. The zero-order valence-corrected chi connectivity index (χ0v) is 23.1. The molecule has 0 radical (unpaired) electrons. The largest absolute Gasteiger partial charge is 0.467 e. The molecule has 1 unspecified atom stereocenters. The highest BCUT2D eigenvalue weighted by Gasteiger charge is 2.53. The van der Waals surface area contributed by atoms with Gasteiger partial charge in [0, 0.05) is 13.0 Å². The molecule has 7 nitrogen and oxygen atoms in total. The van der Waals surface area contributed by atoms with E-state index < -0.39 is 35.6 Å². The average Bonchev–Trinajstić information content (AvgIpc) is 3.33. The first-order valence-electron chi connectivity index (χ1n) is 14.6. The van der Waals surface area contributed by atoms with Crippen LogP contribution in [0, 0.1) is 5.92 Å². The second kappa shape index (κ2) is 16.3. The Hall–Kier alpha value is -1.63. The first-order chi connectivity index (χ1) is 17.3. The number of aliphatic hydroxyl groups excluding tert-OH is 1. The predicted octanol–water partition coefficient (Wildman–Crippen LogP) is 5.70. The molecule has 2 rings (SSSR count). The molecule has 0 aromatic heterocycles. The van der Waals surface area contributed by atoms with E-state index in [4.69, 9.17) is 9.47 Å². The molecule has 2 saturated heterocycles. The molecule has 208 valence electrons. The minimum absolute atomic E-state index is 0.00690. The smallest absolute Gasteiger partial charge is 0.328 e. The van der Waals surface area contributed by atoms with Crippen LogP contribution in [0.5, 0.6) is 0 Å². The number of likely N-dealkylation sites (tertiary alicyclic amines) is 1. The van der Waals surface area contributed by atoms with Crippen LogP contribution in [0.25, 0.3) is 0 Å². The SMILES string of the molecule is CCCCCCCCCCCCCCCCC[C@@]1(C)OC(=O)[C@@H](CN2C(=O)CCC2C(=O)OC)[C@@H]1O. The van der Waals surface area contributed by atoms with Crippen LogP contribution < -0.4 is 0 Å². The van der Waals surface area contributed by atoms with Gasteiger partial charge in [-0.15, -0.1) is 0 Å². The molecule has 2 aliphatic rings. The minimum atomic E-state index is -0.997. The van der Waals surface area contributed by atoms with Crippen molar-refractivity contribution in [3.63, 3.8) is 0 Å². The average molecular weight is 510 g/mol. The monoisotopic (exact) mass is 509 g/mol. The quantitative estimate of drug-likeness (QED) is 0.177. The van der Waals surface area contributed by atoms with Crippen molar-refractivity contribution in [3.05, 3.63) is 0 Å². The normalized spacial score (nSPS) is 26.0. The van der Waals surface area contributed by atoms with Crippen LogP contribution in [0.3, 0.4) is 0 Å². The second-order valence-corrected chi connectivity index (χ2v) is 11.1. The molecule has 4 atom stereocenters. The van der Waals surface area contributed by atoms with Gasteiger partial charge >= 0.3 is 11.9 Å². The predicted molar refractivity (Wildman–Crippen MR) is 140 cm³/mol. The summed E-state index contributed by atoms with van der Waals surface area (Å²) in [5.41, 5.74) is -0.943. The molecular weight excluding hydrogens is 458 g/mol. The molecule has 1 N–H and O–H groups in total. The van der Waals surface area contributed by atoms with Crippen LogP contribution in [0.1, 0.15) is 129 Å². The van der Waals surface area contributed by atoms with E-state index in [-0.39, 0.29) is 18.9 Å². The molecular formula is C29H51NO6. The summed E-state index contributed by atoms with van der Waals surface area (Å²) >= 11 is 0. The van der Waals surface area contributed by atoms with Gasteiger partial charge in [-0.25, -0.2) is 4.79 Å². The van der Waals surface area contributed by atoms with Crippen LogP contribution in [0.4, 0.5) is 0 Å². The zero-order chi connectivity index (χ0) is 26.4. The molecule has 0 spiro atoms. The van der Waals surface area contributed by atoms with Crippen molar-refractivity contribution in [2.45, 2.75) is 147 Å². The maximum atomic E-state index is 12.6. The number of carbonyl (C=O) groups excluding carboxylic acids is 3. The number of aliphatic hydroxyl groups is 1. The molecule has 2 aliphatic heterocycles. The number of ether oxygens (including phenoxy) is 2. The lowest BCUT2D eigenvalue weighted by molar-refractivity contribution is -0.153. The van der Waals surface area contributed by atoms with Gasteiger partial charge in [-0.2, -0.15) is 0 Å². The summed E-state index contributed by atoms with van der Waals surface area (Å²) in [4.78, 5) is 38.2. The summed E-state index contributed by atoms with van der Waals surface area (Å²) in [6, 6.07) is -0.690. The third-order valence-corrected chi connectivity index (χ3v) is 8.11. The summed E-state index contributed by atoms with van der Waals surface area (Å²) in [6.07, 6.45) is 19.5. The molecule has 0 saturated carbocycles. The van der Waals surface area contributed by atoms with Gasteiger partial charge in [-0.3, -0.25) is 9.59 Å². The Morgan fingerprint density at radius 2 is 1.44 bits per heavy atom. The van der Waals surface area contributed by atoms with Crippen LogP contribution in [0.2, 0.25) is 0 Å². The zero-order valence-electron chi connectivity index (χ0n) is 23.1. The van der Waals surface area contributed by atoms with Crippen molar-refractivity contribution < 1.29 is 29.0 Å².